The molecule has 1 aromatic carbocycles. The van der Waals surface area contributed by atoms with Gasteiger partial charge in [-0.2, -0.15) is 0 Å². The summed E-state index contributed by atoms with van der Waals surface area (Å²) in [6, 6.07) is 9.51. The lowest BCUT2D eigenvalue weighted by atomic mass is 10.2. The number of hydrogen-bond acceptors (Lipinski definition) is 2. The number of aliphatic hydroxyl groups excluding tert-OH is 2. The molecule has 0 aliphatic carbocycles. The Morgan fingerprint density at radius 3 is 2.50 bits per heavy atom. The van der Waals surface area contributed by atoms with E-state index in [4.69, 9.17) is 5.11 Å². The third-order valence-corrected chi connectivity index (χ3v) is 1.50. The second-order valence-electron chi connectivity index (χ2n) is 2.52. The molecule has 1 aromatic rings. The lowest BCUT2D eigenvalue weighted by Crippen LogP contribution is -1.86. The highest BCUT2D eigenvalue weighted by molar-refractivity contribution is 5.50. The Hall–Kier alpha value is -1.28. The van der Waals surface area contributed by atoms with Gasteiger partial charge in [0.15, 0.2) is 0 Å². The summed E-state index contributed by atoms with van der Waals surface area (Å²) in [5.74, 6) is 0.212. The highest BCUT2D eigenvalue weighted by Gasteiger charge is 1.91. The summed E-state index contributed by atoms with van der Waals surface area (Å²) < 4.78 is 0. The van der Waals surface area contributed by atoms with Gasteiger partial charge in [0.25, 0.3) is 0 Å². The van der Waals surface area contributed by atoms with Gasteiger partial charge in [-0.25, -0.2) is 0 Å². The smallest absolute Gasteiger partial charge is 0.0951 e. The SMILES string of the molecule is OCCC(O)=Cc1ccccc1. The average molecular weight is 164 g/mol. The molecule has 0 aliphatic heterocycles. The van der Waals surface area contributed by atoms with E-state index in [2.05, 4.69) is 0 Å². The standard InChI is InChI=1S/C10H12O2/c11-7-6-10(12)8-9-4-2-1-3-5-9/h1-5,8,11-12H,6-7H2. The van der Waals surface area contributed by atoms with Gasteiger partial charge in [0.05, 0.1) is 12.4 Å². The largest absolute Gasteiger partial charge is 0.512 e. The lowest BCUT2D eigenvalue weighted by Gasteiger charge is -1.96. The van der Waals surface area contributed by atoms with Crippen LogP contribution in [0.1, 0.15) is 12.0 Å². The van der Waals surface area contributed by atoms with Crippen molar-refractivity contribution in [2.45, 2.75) is 6.42 Å². The zero-order chi connectivity index (χ0) is 8.81. The zero-order valence-electron chi connectivity index (χ0n) is 6.77. The van der Waals surface area contributed by atoms with Crippen molar-refractivity contribution < 1.29 is 10.2 Å². The highest BCUT2D eigenvalue weighted by atomic mass is 16.3. The quantitative estimate of drug-likeness (QED) is 0.670. The van der Waals surface area contributed by atoms with Gasteiger partial charge < -0.3 is 10.2 Å². The molecule has 12 heavy (non-hydrogen) atoms. The Labute approximate surface area is 71.8 Å². The molecule has 0 bridgehead atoms. The molecule has 0 amide bonds. The van der Waals surface area contributed by atoms with Crippen molar-refractivity contribution in [1.29, 1.82) is 0 Å². The van der Waals surface area contributed by atoms with E-state index >= 15 is 0 Å². The van der Waals surface area contributed by atoms with Gasteiger partial charge in [-0.15, -0.1) is 0 Å². The topological polar surface area (TPSA) is 40.5 Å². The first-order valence-corrected chi connectivity index (χ1v) is 3.88. The molecule has 0 fully saturated rings. The molecule has 0 unspecified atom stereocenters. The molecule has 0 saturated carbocycles. The molecule has 0 spiro atoms. The summed E-state index contributed by atoms with van der Waals surface area (Å²) in [6.45, 7) is -0.0187. The van der Waals surface area contributed by atoms with E-state index in [1.165, 1.54) is 0 Å². The van der Waals surface area contributed by atoms with Crippen LogP contribution in [0.4, 0.5) is 0 Å². The van der Waals surface area contributed by atoms with Crippen molar-refractivity contribution in [3.63, 3.8) is 0 Å². The van der Waals surface area contributed by atoms with E-state index < -0.39 is 0 Å². The molecular formula is C10H12O2. The molecule has 0 aromatic heterocycles. The normalized spacial score (nSPS) is 11.6. The van der Waals surface area contributed by atoms with Crippen molar-refractivity contribution in [3.05, 3.63) is 41.7 Å². The molecule has 0 saturated heterocycles. The fourth-order valence-corrected chi connectivity index (χ4v) is 0.928. The van der Waals surface area contributed by atoms with Crippen LogP contribution in [0.25, 0.3) is 6.08 Å². The number of rotatable bonds is 3. The van der Waals surface area contributed by atoms with Gasteiger partial charge in [0.2, 0.25) is 0 Å². The van der Waals surface area contributed by atoms with Crippen LogP contribution < -0.4 is 0 Å². The van der Waals surface area contributed by atoms with Gasteiger partial charge in [0.1, 0.15) is 0 Å². The van der Waals surface area contributed by atoms with E-state index in [-0.39, 0.29) is 12.4 Å². The Morgan fingerprint density at radius 2 is 1.92 bits per heavy atom. The maximum absolute atomic E-state index is 9.20. The van der Waals surface area contributed by atoms with Crippen molar-refractivity contribution in [1.82, 2.24) is 0 Å². The maximum Gasteiger partial charge on any atom is 0.0951 e. The van der Waals surface area contributed by atoms with E-state index in [1.54, 1.807) is 6.08 Å². The van der Waals surface area contributed by atoms with Crippen LogP contribution >= 0.6 is 0 Å². The van der Waals surface area contributed by atoms with Crippen LogP contribution in [0.2, 0.25) is 0 Å². The molecule has 2 N–H and O–H groups in total. The summed E-state index contributed by atoms with van der Waals surface area (Å²) in [6.07, 6.45) is 1.96. The minimum Gasteiger partial charge on any atom is -0.512 e. The van der Waals surface area contributed by atoms with Gasteiger partial charge in [-0.1, -0.05) is 30.3 Å². The minimum atomic E-state index is -0.0187. The summed E-state index contributed by atoms with van der Waals surface area (Å²) in [5, 5.41) is 17.7. The summed E-state index contributed by atoms with van der Waals surface area (Å²) in [7, 11) is 0. The lowest BCUT2D eigenvalue weighted by molar-refractivity contribution is 0.270. The van der Waals surface area contributed by atoms with Crippen molar-refractivity contribution in [2.75, 3.05) is 6.61 Å². The van der Waals surface area contributed by atoms with Crippen molar-refractivity contribution in [3.8, 4) is 0 Å². The monoisotopic (exact) mass is 164 g/mol. The number of benzene rings is 1. The van der Waals surface area contributed by atoms with Gasteiger partial charge >= 0.3 is 0 Å². The third kappa shape index (κ3) is 2.76. The molecule has 2 nitrogen and oxygen atoms in total. The second-order valence-corrected chi connectivity index (χ2v) is 2.52. The molecule has 2 heteroatoms. The van der Waals surface area contributed by atoms with Gasteiger partial charge in [-0.05, 0) is 11.6 Å². The van der Waals surface area contributed by atoms with Crippen LogP contribution in [0.5, 0.6) is 0 Å². The Bertz CT molecular complexity index is 252. The van der Waals surface area contributed by atoms with E-state index in [0.29, 0.717) is 6.42 Å². The van der Waals surface area contributed by atoms with Crippen LogP contribution in [-0.4, -0.2) is 16.8 Å². The predicted molar refractivity (Wildman–Crippen MR) is 48.8 cm³/mol. The van der Waals surface area contributed by atoms with Crippen LogP contribution in [0.3, 0.4) is 0 Å². The third-order valence-electron chi connectivity index (χ3n) is 1.50. The minimum absolute atomic E-state index is 0.0187. The molecule has 64 valence electrons. The Balaban J connectivity index is 2.67. The van der Waals surface area contributed by atoms with Crippen LogP contribution in [0, 0.1) is 0 Å². The maximum atomic E-state index is 9.20. The zero-order valence-corrected chi connectivity index (χ0v) is 6.77. The first kappa shape index (κ1) is 8.81. The molecule has 1 rings (SSSR count). The fourth-order valence-electron chi connectivity index (χ4n) is 0.928. The summed E-state index contributed by atoms with van der Waals surface area (Å²) in [4.78, 5) is 0. The number of hydrogen-bond donors (Lipinski definition) is 2. The molecule has 0 heterocycles. The Kier molecular flexibility index (Phi) is 3.35. The molecular weight excluding hydrogens is 152 g/mol. The van der Waals surface area contributed by atoms with Crippen LogP contribution in [0.15, 0.2) is 36.1 Å². The highest BCUT2D eigenvalue weighted by Crippen LogP contribution is 2.06. The molecule has 0 atom stereocenters. The van der Waals surface area contributed by atoms with E-state index in [0.717, 1.165) is 5.56 Å². The van der Waals surface area contributed by atoms with Gasteiger partial charge in [-0.3, -0.25) is 0 Å². The predicted octanol–water partition coefficient (Wildman–Crippen LogP) is 1.97. The van der Waals surface area contributed by atoms with Crippen LogP contribution in [-0.2, 0) is 0 Å². The first-order chi connectivity index (χ1) is 5.83. The second kappa shape index (κ2) is 4.57. The fraction of sp³-hybridized carbons (Fsp3) is 0.200. The van der Waals surface area contributed by atoms with Crippen molar-refractivity contribution >= 4 is 6.08 Å². The summed E-state index contributed by atoms with van der Waals surface area (Å²) >= 11 is 0. The summed E-state index contributed by atoms with van der Waals surface area (Å²) in [5.41, 5.74) is 0.948. The molecule has 0 aliphatic rings. The Morgan fingerprint density at radius 1 is 1.25 bits per heavy atom. The average Bonchev–Trinajstić information content (AvgIpc) is 2.06. The van der Waals surface area contributed by atoms with E-state index in [1.807, 2.05) is 30.3 Å². The van der Waals surface area contributed by atoms with Gasteiger partial charge in [0, 0.05) is 6.42 Å². The van der Waals surface area contributed by atoms with Crippen molar-refractivity contribution in [2.24, 2.45) is 0 Å². The molecule has 0 radical (unpaired) electrons. The first-order valence-electron chi connectivity index (χ1n) is 3.88. The van der Waals surface area contributed by atoms with E-state index in [9.17, 15) is 5.11 Å². The number of aliphatic hydroxyl groups is 2.